The predicted octanol–water partition coefficient (Wildman–Crippen LogP) is 4.94. The van der Waals surface area contributed by atoms with Crippen molar-refractivity contribution in [2.24, 2.45) is 0 Å². The Morgan fingerprint density at radius 1 is 1.16 bits per heavy atom. The van der Waals surface area contributed by atoms with Crippen molar-refractivity contribution < 1.29 is 28.6 Å². The highest BCUT2D eigenvalue weighted by Gasteiger charge is 2.31. The van der Waals surface area contributed by atoms with E-state index in [0.717, 1.165) is 0 Å². The number of methoxy groups -OCH3 is 2. The van der Waals surface area contributed by atoms with Crippen molar-refractivity contribution in [2.75, 3.05) is 14.2 Å². The Morgan fingerprint density at radius 2 is 1.77 bits per heavy atom. The number of amides is 1. The predicted molar refractivity (Wildman–Crippen MR) is 127 cm³/mol. The molecule has 2 rings (SSSR count). The van der Waals surface area contributed by atoms with E-state index >= 15 is 0 Å². The van der Waals surface area contributed by atoms with Gasteiger partial charge in [0.15, 0.2) is 0 Å². The van der Waals surface area contributed by atoms with Crippen LogP contribution in [0, 0.1) is 0 Å². The summed E-state index contributed by atoms with van der Waals surface area (Å²) in [6, 6.07) is 0.765. The van der Waals surface area contributed by atoms with Gasteiger partial charge < -0.3 is 19.5 Å². The maximum atomic E-state index is 13.0. The number of carbonyl (C=O) groups excluding carboxylic acids is 3. The Bertz CT molecular complexity index is 1040. The molecular formula is C20H23Br3N2O6. The molecule has 1 N–H and O–H groups in total. The van der Waals surface area contributed by atoms with Gasteiger partial charge in [-0.25, -0.2) is 14.2 Å². The number of fused-ring (bicyclic) bond motifs is 1. The van der Waals surface area contributed by atoms with Crippen LogP contribution in [-0.4, -0.2) is 48.4 Å². The normalized spacial score (nSPS) is 12.4. The lowest BCUT2D eigenvalue weighted by Crippen LogP contribution is -2.42. The maximum absolute atomic E-state index is 13.0. The third-order valence-corrected chi connectivity index (χ3v) is 6.37. The van der Waals surface area contributed by atoms with E-state index in [2.05, 4.69) is 53.1 Å². The van der Waals surface area contributed by atoms with E-state index in [-0.39, 0.29) is 12.3 Å². The van der Waals surface area contributed by atoms with Crippen LogP contribution in [0.3, 0.4) is 0 Å². The van der Waals surface area contributed by atoms with Crippen LogP contribution in [0.5, 0.6) is 5.75 Å². The summed E-state index contributed by atoms with van der Waals surface area (Å²) in [6.07, 6.45) is -0.545. The molecule has 1 heterocycles. The van der Waals surface area contributed by atoms with Gasteiger partial charge in [0, 0.05) is 18.7 Å². The molecular weight excluding hydrogens is 604 g/mol. The number of aromatic nitrogens is 1. The second-order valence-electron chi connectivity index (χ2n) is 7.67. The average molecular weight is 627 g/mol. The fourth-order valence-corrected chi connectivity index (χ4v) is 5.40. The molecule has 0 fully saturated rings. The zero-order chi connectivity index (χ0) is 23.7. The van der Waals surface area contributed by atoms with Gasteiger partial charge in [-0.1, -0.05) is 0 Å². The van der Waals surface area contributed by atoms with Crippen molar-refractivity contribution in [3.63, 3.8) is 0 Å². The van der Waals surface area contributed by atoms with Crippen LogP contribution < -0.4 is 10.1 Å². The summed E-state index contributed by atoms with van der Waals surface area (Å²) in [7, 11) is 2.76. The first-order chi connectivity index (χ1) is 14.3. The number of nitrogens with one attached hydrogen (secondary N) is 1. The molecule has 1 amide bonds. The highest BCUT2D eigenvalue weighted by atomic mass is 79.9. The number of rotatable bonds is 5. The molecule has 0 radical (unpaired) electrons. The lowest BCUT2D eigenvalue weighted by atomic mass is 10.0. The van der Waals surface area contributed by atoms with Crippen molar-refractivity contribution in [3.8, 4) is 5.75 Å². The van der Waals surface area contributed by atoms with E-state index in [0.29, 0.717) is 35.8 Å². The maximum Gasteiger partial charge on any atom is 0.419 e. The first kappa shape index (κ1) is 25.7. The van der Waals surface area contributed by atoms with Gasteiger partial charge in [0.25, 0.3) is 0 Å². The second-order valence-corrected chi connectivity index (χ2v) is 10.1. The zero-order valence-corrected chi connectivity index (χ0v) is 22.7. The molecule has 0 saturated heterocycles. The van der Waals surface area contributed by atoms with Crippen LogP contribution in [0.4, 0.5) is 4.79 Å². The molecule has 0 aliphatic rings. The SMILES string of the molecule is COC(=O)[C@H](Cc1c(Br)n(C(=O)OC(C)(C)C)c2cc(Br)c(OC)c(Br)c12)NC(C)=O. The smallest absolute Gasteiger partial charge is 0.419 e. The largest absolute Gasteiger partial charge is 0.494 e. The third-order valence-electron chi connectivity index (χ3n) is 4.19. The monoisotopic (exact) mass is 624 g/mol. The summed E-state index contributed by atoms with van der Waals surface area (Å²) in [6.45, 7) is 6.62. The van der Waals surface area contributed by atoms with E-state index in [4.69, 9.17) is 14.2 Å². The first-order valence-corrected chi connectivity index (χ1v) is 11.5. The minimum absolute atomic E-state index is 0.0581. The second kappa shape index (κ2) is 9.91. The number of nitrogens with zero attached hydrogens (tertiary/aromatic N) is 1. The summed E-state index contributed by atoms with van der Waals surface area (Å²) in [5.74, 6) is -0.487. The Morgan fingerprint density at radius 3 is 2.26 bits per heavy atom. The van der Waals surface area contributed by atoms with Crippen molar-refractivity contribution in [1.82, 2.24) is 9.88 Å². The van der Waals surface area contributed by atoms with Crippen LogP contribution in [0.15, 0.2) is 19.6 Å². The van der Waals surface area contributed by atoms with Crippen molar-refractivity contribution in [2.45, 2.75) is 45.8 Å². The van der Waals surface area contributed by atoms with Gasteiger partial charge >= 0.3 is 12.1 Å². The van der Waals surface area contributed by atoms with Gasteiger partial charge in [0.05, 0.1) is 33.3 Å². The first-order valence-electron chi connectivity index (χ1n) is 9.15. The highest BCUT2D eigenvalue weighted by Crippen LogP contribution is 2.44. The lowest BCUT2D eigenvalue weighted by molar-refractivity contribution is -0.144. The van der Waals surface area contributed by atoms with Gasteiger partial charge in [-0.3, -0.25) is 4.79 Å². The number of ether oxygens (including phenoxy) is 3. The lowest BCUT2D eigenvalue weighted by Gasteiger charge is -2.20. The Balaban J connectivity index is 2.80. The van der Waals surface area contributed by atoms with E-state index in [1.807, 2.05) is 0 Å². The summed E-state index contributed by atoms with van der Waals surface area (Å²) in [4.78, 5) is 37.0. The molecule has 31 heavy (non-hydrogen) atoms. The molecule has 1 atom stereocenters. The average Bonchev–Trinajstić information content (AvgIpc) is 2.90. The summed E-state index contributed by atoms with van der Waals surface area (Å²) < 4.78 is 18.8. The number of hydrogen-bond donors (Lipinski definition) is 1. The molecule has 170 valence electrons. The van der Waals surface area contributed by atoms with E-state index in [1.54, 1.807) is 26.8 Å². The molecule has 0 aliphatic heterocycles. The van der Waals surface area contributed by atoms with Crippen molar-refractivity contribution in [1.29, 1.82) is 0 Å². The van der Waals surface area contributed by atoms with Crippen LogP contribution in [-0.2, 0) is 25.5 Å². The van der Waals surface area contributed by atoms with Gasteiger partial charge in [-0.2, -0.15) is 0 Å². The summed E-state index contributed by atoms with van der Waals surface area (Å²) >= 11 is 10.5. The minimum Gasteiger partial charge on any atom is -0.494 e. The number of esters is 1. The molecule has 0 bridgehead atoms. The topological polar surface area (TPSA) is 95.9 Å². The Hall–Kier alpha value is -1.59. The fourth-order valence-electron chi connectivity index (χ4n) is 3.04. The summed E-state index contributed by atoms with van der Waals surface area (Å²) in [5, 5.41) is 3.21. The summed E-state index contributed by atoms with van der Waals surface area (Å²) in [5.41, 5.74) is 0.378. The van der Waals surface area contributed by atoms with Gasteiger partial charge in [-0.05, 0) is 80.2 Å². The molecule has 8 nitrogen and oxygen atoms in total. The molecule has 0 saturated carbocycles. The van der Waals surface area contributed by atoms with Crippen LogP contribution >= 0.6 is 47.8 Å². The molecule has 1 aromatic carbocycles. The number of halogens is 3. The van der Waals surface area contributed by atoms with Gasteiger partial charge in [0.1, 0.15) is 17.4 Å². The fraction of sp³-hybridized carbons (Fsp3) is 0.450. The van der Waals surface area contributed by atoms with Gasteiger partial charge in [0.2, 0.25) is 5.91 Å². The zero-order valence-electron chi connectivity index (χ0n) is 17.9. The van der Waals surface area contributed by atoms with E-state index in [1.165, 1.54) is 25.7 Å². The molecule has 0 aliphatic carbocycles. The molecule has 2 aromatic rings. The highest BCUT2D eigenvalue weighted by molar-refractivity contribution is 9.11. The number of carbonyl (C=O) groups is 3. The van der Waals surface area contributed by atoms with Crippen LogP contribution in [0.25, 0.3) is 10.9 Å². The molecule has 1 aromatic heterocycles. The minimum atomic E-state index is -0.960. The van der Waals surface area contributed by atoms with Crippen LogP contribution in [0.1, 0.15) is 33.3 Å². The molecule has 0 unspecified atom stereocenters. The third kappa shape index (κ3) is 5.61. The number of hydrogen-bond acceptors (Lipinski definition) is 6. The van der Waals surface area contributed by atoms with Crippen LogP contribution in [0.2, 0.25) is 0 Å². The van der Waals surface area contributed by atoms with Crippen molar-refractivity contribution in [3.05, 3.63) is 25.2 Å². The Labute approximate surface area is 205 Å². The van der Waals surface area contributed by atoms with E-state index in [9.17, 15) is 14.4 Å². The standard InChI is InChI=1S/C20H23Br3N2O6/c1-9(26)24-12(18(27)30-6)7-10-14-13(8-11(21)16(29-5)15(14)22)25(17(10)23)19(28)31-20(2,3)4/h8,12H,7H2,1-6H3,(H,24,26)/t12-/m0/s1. The quantitative estimate of drug-likeness (QED) is 0.473. The molecule has 0 spiro atoms. The van der Waals surface area contributed by atoms with Gasteiger partial charge in [-0.15, -0.1) is 0 Å². The Kier molecular flexibility index (Phi) is 8.21. The number of benzene rings is 1. The van der Waals surface area contributed by atoms with Crippen molar-refractivity contribution >= 4 is 76.7 Å². The molecule has 11 heteroatoms. The van der Waals surface area contributed by atoms with E-state index < -0.39 is 23.7 Å².